The normalized spacial score (nSPS) is 12.9. The van der Waals surface area contributed by atoms with E-state index in [0.29, 0.717) is 26.4 Å². The first kappa shape index (κ1) is 40.8. The first-order valence-corrected chi connectivity index (χ1v) is 22.6. The zero-order valence-corrected chi connectivity index (χ0v) is 35.2. The second-order valence-corrected chi connectivity index (χ2v) is 20.5. The van der Waals surface area contributed by atoms with Gasteiger partial charge in [0, 0.05) is 6.61 Å². The van der Waals surface area contributed by atoms with E-state index >= 15 is 0 Å². The fourth-order valence-electron chi connectivity index (χ4n) is 8.38. The summed E-state index contributed by atoms with van der Waals surface area (Å²) < 4.78 is 21.0. The molecule has 0 N–H and O–H groups in total. The molecule has 0 amide bonds. The molecule has 0 aliphatic heterocycles. The summed E-state index contributed by atoms with van der Waals surface area (Å²) in [5.74, 6) is 0.247. The Balaban J connectivity index is 1.11. The molecule has 0 aromatic heterocycles. The Morgan fingerprint density at radius 3 is 1.53 bits per heavy atom. The van der Waals surface area contributed by atoms with E-state index in [4.69, 9.17) is 13.9 Å². The number of ether oxygens (including phenoxy) is 2. The predicted octanol–water partition coefficient (Wildman–Crippen LogP) is 11.9. The second-order valence-electron chi connectivity index (χ2n) is 16.2. The molecule has 0 aliphatic rings. The smallest absolute Gasteiger partial charge is 0.261 e. The molecular weight excluding hydrogens is 725 g/mol. The van der Waals surface area contributed by atoms with Gasteiger partial charge in [0.25, 0.3) is 8.32 Å². The Bertz CT molecular complexity index is 2170. The Morgan fingerprint density at radius 2 is 1.02 bits per heavy atom. The van der Waals surface area contributed by atoms with Crippen LogP contribution >= 0.6 is 0 Å². The van der Waals surface area contributed by atoms with E-state index < -0.39 is 13.9 Å². The van der Waals surface area contributed by atoms with E-state index in [1.54, 1.807) is 0 Å². The topological polar surface area (TPSA) is 27.7 Å². The molecule has 3 nitrogen and oxygen atoms in total. The van der Waals surface area contributed by atoms with Crippen molar-refractivity contribution in [1.29, 1.82) is 0 Å². The van der Waals surface area contributed by atoms with Crippen LogP contribution in [0.4, 0.5) is 0 Å². The highest BCUT2D eigenvalue weighted by Crippen LogP contribution is 2.41. The van der Waals surface area contributed by atoms with Crippen molar-refractivity contribution in [3.63, 3.8) is 0 Å². The van der Waals surface area contributed by atoms with E-state index in [1.165, 1.54) is 26.7 Å². The number of fused-ring (bicyclic) bond motifs is 1. The maximum Gasteiger partial charge on any atom is 0.261 e. The summed E-state index contributed by atoms with van der Waals surface area (Å²) in [5, 5.41) is 4.99. The van der Waals surface area contributed by atoms with Gasteiger partial charge in [-0.1, -0.05) is 221 Å². The molecule has 0 bridgehead atoms. The lowest BCUT2D eigenvalue weighted by atomic mass is 9.80. The maximum atomic E-state index is 7.36. The predicted molar refractivity (Wildman–Crippen MR) is 244 cm³/mol. The van der Waals surface area contributed by atoms with Crippen LogP contribution in [0.2, 0.25) is 5.04 Å². The van der Waals surface area contributed by atoms with Crippen molar-refractivity contribution < 1.29 is 13.9 Å². The third-order valence-corrected chi connectivity index (χ3v) is 16.3. The van der Waals surface area contributed by atoms with Crippen LogP contribution < -0.4 is 10.4 Å². The molecule has 0 fully saturated rings. The van der Waals surface area contributed by atoms with Crippen LogP contribution in [-0.4, -0.2) is 28.1 Å². The molecule has 58 heavy (non-hydrogen) atoms. The zero-order valence-electron chi connectivity index (χ0n) is 34.2. The third kappa shape index (κ3) is 9.33. The largest absolute Gasteiger partial charge is 0.407 e. The van der Waals surface area contributed by atoms with Gasteiger partial charge in [0.2, 0.25) is 0 Å². The number of hydrogen-bond acceptors (Lipinski definition) is 3. The van der Waals surface area contributed by atoms with E-state index in [9.17, 15) is 0 Å². The highest BCUT2D eigenvalue weighted by atomic mass is 28.4. The molecule has 0 spiro atoms. The Hall–Kier alpha value is -5.36. The summed E-state index contributed by atoms with van der Waals surface area (Å²) in [7, 11) is -2.67. The van der Waals surface area contributed by atoms with Crippen molar-refractivity contribution in [3.05, 3.63) is 229 Å². The quantitative estimate of drug-likeness (QED) is 0.0493. The lowest BCUT2D eigenvalue weighted by Gasteiger charge is -2.43. The van der Waals surface area contributed by atoms with Gasteiger partial charge in [-0.2, -0.15) is 0 Å². The maximum absolute atomic E-state index is 7.36. The van der Waals surface area contributed by atoms with Gasteiger partial charge >= 0.3 is 0 Å². The minimum atomic E-state index is -2.67. The second kappa shape index (κ2) is 19.4. The number of rotatable bonds is 18. The van der Waals surface area contributed by atoms with Gasteiger partial charge in [-0.15, -0.1) is 0 Å². The van der Waals surface area contributed by atoms with E-state index in [0.717, 1.165) is 29.5 Å². The van der Waals surface area contributed by atoms with Crippen molar-refractivity contribution >= 4 is 29.5 Å². The van der Waals surface area contributed by atoms with Crippen molar-refractivity contribution in [1.82, 2.24) is 0 Å². The molecule has 7 aromatic rings. The Kier molecular flexibility index (Phi) is 13.6. The van der Waals surface area contributed by atoms with Crippen molar-refractivity contribution in [2.75, 3.05) is 19.8 Å². The van der Waals surface area contributed by atoms with Crippen LogP contribution in [0.25, 0.3) is 10.8 Å². The number of hydrogen-bond donors (Lipinski definition) is 0. The number of benzene rings is 7. The third-order valence-electron chi connectivity index (χ3n) is 11.3. The molecule has 4 heteroatoms. The summed E-state index contributed by atoms with van der Waals surface area (Å²) in [5.41, 5.74) is 3.72. The molecule has 294 valence electrons. The summed E-state index contributed by atoms with van der Waals surface area (Å²) in [4.78, 5) is 0. The molecule has 0 saturated carbocycles. The number of allylic oxidation sites excluding steroid dienone is 1. The molecule has 7 aromatic carbocycles. The molecule has 0 heterocycles. The molecule has 1 atom stereocenters. The highest BCUT2D eigenvalue weighted by molar-refractivity contribution is 6.99. The van der Waals surface area contributed by atoms with Crippen LogP contribution in [0.1, 0.15) is 55.9 Å². The summed E-state index contributed by atoms with van der Waals surface area (Å²) in [6.07, 6.45) is 6.18. The summed E-state index contributed by atoms with van der Waals surface area (Å²) in [6.45, 7) is 9.30. The average molecular weight is 781 g/mol. The van der Waals surface area contributed by atoms with E-state index in [-0.39, 0.29) is 11.0 Å². The van der Waals surface area contributed by atoms with Crippen LogP contribution in [0.5, 0.6) is 0 Å². The van der Waals surface area contributed by atoms with Gasteiger partial charge in [-0.05, 0) is 73.3 Å². The van der Waals surface area contributed by atoms with Gasteiger partial charge in [-0.25, -0.2) is 0 Å². The van der Waals surface area contributed by atoms with Crippen LogP contribution in [-0.2, 0) is 26.1 Å². The van der Waals surface area contributed by atoms with Gasteiger partial charge in [-0.3, -0.25) is 0 Å². The van der Waals surface area contributed by atoms with Gasteiger partial charge in [0.05, 0.1) is 19.8 Å². The standard InChI is InChI=1S/C54H56O3Si/c1-53(2,3)58(51-32-15-7-16-33-51,52-34-17-8-18-35-52)57-40-38-44(42-55-43-45-36-37-46-24-19-20-25-47(46)41-45)23-21-22-39-56-54(48-26-9-4-10-27-48,49-28-11-5-12-29-49)50-30-13-6-14-31-50/h4-22,24-37,41,44H,23,38-40,42-43H2,1-3H3/b22-21+/t44-/m0/s1. The van der Waals surface area contributed by atoms with Gasteiger partial charge in [0.1, 0.15) is 5.60 Å². The lowest BCUT2D eigenvalue weighted by molar-refractivity contribution is 0.0317. The van der Waals surface area contributed by atoms with Crippen LogP contribution in [0.15, 0.2) is 206 Å². The van der Waals surface area contributed by atoms with Crippen molar-refractivity contribution in [2.45, 2.75) is 50.9 Å². The van der Waals surface area contributed by atoms with E-state index in [2.05, 4.69) is 227 Å². The van der Waals surface area contributed by atoms with Gasteiger partial charge in [0.15, 0.2) is 0 Å². The summed E-state index contributed by atoms with van der Waals surface area (Å²) in [6, 6.07) is 68.6. The van der Waals surface area contributed by atoms with Crippen molar-refractivity contribution in [2.24, 2.45) is 5.92 Å². The minimum Gasteiger partial charge on any atom is -0.407 e. The minimum absolute atomic E-state index is 0.0855. The molecule has 0 aliphatic carbocycles. The Morgan fingerprint density at radius 1 is 0.534 bits per heavy atom. The fraction of sp³-hybridized carbons (Fsp3) is 0.222. The highest BCUT2D eigenvalue weighted by Gasteiger charge is 2.50. The lowest BCUT2D eigenvalue weighted by Crippen LogP contribution is -2.66. The first-order chi connectivity index (χ1) is 28.4. The molecule has 0 radical (unpaired) electrons. The van der Waals surface area contributed by atoms with Crippen LogP contribution in [0.3, 0.4) is 0 Å². The SMILES string of the molecule is CC(C)(C)[Si](OCC[C@H](C/C=C/COC(c1ccccc1)(c1ccccc1)c1ccccc1)COCc1ccc2ccccc2c1)(c1ccccc1)c1ccccc1. The average Bonchev–Trinajstić information content (AvgIpc) is 3.27. The van der Waals surface area contributed by atoms with Crippen molar-refractivity contribution in [3.8, 4) is 0 Å². The van der Waals surface area contributed by atoms with Gasteiger partial charge < -0.3 is 13.9 Å². The monoisotopic (exact) mass is 780 g/mol. The molecule has 7 rings (SSSR count). The first-order valence-electron chi connectivity index (χ1n) is 20.7. The fourth-order valence-corrected chi connectivity index (χ4v) is 13.0. The van der Waals surface area contributed by atoms with E-state index in [1.807, 2.05) is 0 Å². The summed E-state index contributed by atoms with van der Waals surface area (Å²) >= 11 is 0. The van der Waals surface area contributed by atoms with Crippen LogP contribution in [0, 0.1) is 5.92 Å². The zero-order chi connectivity index (χ0) is 40.1. The molecular formula is C54H56O3Si. The Labute approximate surface area is 347 Å². The molecule has 0 saturated heterocycles. The molecule has 0 unspecified atom stereocenters.